The Balaban J connectivity index is 3.17. The molecule has 2 N–H and O–H groups in total. The van der Waals surface area contributed by atoms with Crippen LogP contribution in [0.1, 0.15) is 5.56 Å². The number of hydrogen-bond donors (Lipinski definition) is 1. The second-order valence-corrected chi connectivity index (χ2v) is 2.81. The number of nitrogens with zero attached hydrogens (tertiary/aromatic N) is 2. The van der Waals surface area contributed by atoms with Crippen LogP contribution in [0, 0.1) is 10.1 Å². The van der Waals surface area contributed by atoms with Crippen molar-refractivity contribution in [3.8, 4) is 5.75 Å². The van der Waals surface area contributed by atoms with Crippen LogP contribution < -0.4 is 10.6 Å². The monoisotopic (exact) mass is 249 g/mol. The van der Waals surface area contributed by atoms with Gasteiger partial charge in [-0.05, 0) is 6.07 Å². The zero-order valence-electron chi connectivity index (χ0n) is 8.14. The summed E-state index contributed by atoms with van der Waals surface area (Å²) in [5, 5.41) is 13.4. The largest absolute Gasteiger partial charge is 0.573 e. The normalized spacial score (nSPS) is 11.7. The van der Waals surface area contributed by atoms with Gasteiger partial charge in [0.1, 0.15) is 5.75 Å². The fraction of sp³-hybridized carbons (Fsp3) is 0.125. The number of alkyl halides is 3. The third-order valence-corrected chi connectivity index (χ3v) is 1.64. The molecule has 0 bridgehead atoms. The maximum absolute atomic E-state index is 12.0. The van der Waals surface area contributed by atoms with Gasteiger partial charge in [0.25, 0.3) is 5.69 Å². The Hall–Kier alpha value is -2.32. The maximum atomic E-state index is 12.0. The molecule has 0 radical (unpaired) electrons. The van der Waals surface area contributed by atoms with Gasteiger partial charge >= 0.3 is 6.36 Å². The quantitative estimate of drug-likeness (QED) is 0.382. The molecule has 0 unspecified atom stereocenters. The minimum atomic E-state index is -4.90. The summed E-state index contributed by atoms with van der Waals surface area (Å²) in [5.74, 6) is 4.17. The summed E-state index contributed by atoms with van der Waals surface area (Å²) in [6.45, 7) is 0. The number of hydrogen-bond acceptors (Lipinski definition) is 5. The Bertz CT molecular complexity index is 459. The molecule has 1 rings (SSSR count). The Morgan fingerprint density at radius 3 is 2.59 bits per heavy atom. The van der Waals surface area contributed by atoms with Gasteiger partial charge in [-0.25, -0.2) is 0 Å². The number of rotatable bonds is 3. The van der Waals surface area contributed by atoms with Crippen LogP contribution in [0.25, 0.3) is 0 Å². The molecule has 0 aliphatic heterocycles. The van der Waals surface area contributed by atoms with E-state index in [9.17, 15) is 23.3 Å². The number of nitro groups is 1. The lowest BCUT2D eigenvalue weighted by Gasteiger charge is -2.10. The number of nitrogens with two attached hydrogens (primary N) is 1. The van der Waals surface area contributed by atoms with E-state index in [0.717, 1.165) is 24.4 Å². The molecule has 0 fully saturated rings. The van der Waals surface area contributed by atoms with Crippen molar-refractivity contribution in [2.75, 3.05) is 0 Å². The Morgan fingerprint density at radius 1 is 1.47 bits per heavy atom. The van der Waals surface area contributed by atoms with E-state index in [-0.39, 0.29) is 5.56 Å². The molecule has 0 aliphatic rings. The van der Waals surface area contributed by atoms with Crippen LogP contribution in [-0.4, -0.2) is 17.5 Å². The van der Waals surface area contributed by atoms with Crippen LogP contribution in [0.5, 0.6) is 5.75 Å². The zero-order valence-corrected chi connectivity index (χ0v) is 8.14. The number of benzene rings is 1. The van der Waals surface area contributed by atoms with E-state index in [0.29, 0.717) is 0 Å². The zero-order chi connectivity index (χ0) is 13.1. The minimum Gasteiger partial charge on any atom is -0.405 e. The molecule has 0 amide bonds. The van der Waals surface area contributed by atoms with Gasteiger partial charge in [-0.15, -0.1) is 13.2 Å². The molecule has 0 heterocycles. The second-order valence-electron chi connectivity index (χ2n) is 2.81. The van der Waals surface area contributed by atoms with Crippen molar-refractivity contribution in [1.82, 2.24) is 0 Å². The van der Waals surface area contributed by atoms with E-state index in [1.165, 1.54) is 0 Å². The Morgan fingerprint density at radius 2 is 2.12 bits per heavy atom. The van der Waals surface area contributed by atoms with Crippen LogP contribution in [0.3, 0.4) is 0 Å². The first kappa shape index (κ1) is 12.7. The predicted molar refractivity (Wildman–Crippen MR) is 51.6 cm³/mol. The first-order valence-electron chi connectivity index (χ1n) is 4.11. The lowest BCUT2D eigenvalue weighted by molar-refractivity contribution is -0.385. The van der Waals surface area contributed by atoms with E-state index < -0.39 is 22.7 Å². The Kier molecular flexibility index (Phi) is 3.51. The van der Waals surface area contributed by atoms with Crippen molar-refractivity contribution in [2.45, 2.75) is 6.36 Å². The van der Waals surface area contributed by atoms with Gasteiger partial charge in [-0.3, -0.25) is 10.1 Å². The smallest absolute Gasteiger partial charge is 0.405 e. The summed E-state index contributed by atoms with van der Waals surface area (Å²) in [5.41, 5.74) is -0.631. The molecule has 0 saturated heterocycles. The highest BCUT2D eigenvalue weighted by atomic mass is 19.4. The highest BCUT2D eigenvalue weighted by Crippen LogP contribution is 2.28. The summed E-state index contributed by atoms with van der Waals surface area (Å²) < 4.78 is 39.6. The van der Waals surface area contributed by atoms with E-state index in [1.807, 2.05) is 0 Å². The first-order chi connectivity index (χ1) is 7.83. The molecule has 6 nitrogen and oxygen atoms in total. The molecule has 0 spiro atoms. The average Bonchev–Trinajstić information content (AvgIpc) is 2.18. The third-order valence-electron chi connectivity index (χ3n) is 1.64. The van der Waals surface area contributed by atoms with Gasteiger partial charge in [0, 0.05) is 17.7 Å². The van der Waals surface area contributed by atoms with Gasteiger partial charge < -0.3 is 10.6 Å². The van der Waals surface area contributed by atoms with Crippen LogP contribution >= 0.6 is 0 Å². The van der Waals surface area contributed by atoms with Crippen molar-refractivity contribution < 1.29 is 22.8 Å². The highest BCUT2D eigenvalue weighted by Gasteiger charge is 2.32. The molecule has 0 saturated carbocycles. The number of halogens is 3. The fourth-order valence-corrected chi connectivity index (χ4v) is 1.05. The molecule has 92 valence electrons. The average molecular weight is 249 g/mol. The minimum absolute atomic E-state index is 0.237. The van der Waals surface area contributed by atoms with Crippen molar-refractivity contribution in [3.63, 3.8) is 0 Å². The first-order valence-corrected chi connectivity index (χ1v) is 4.11. The number of non-ortho nitro benzene ring substituents is 1. The molecular formula is C8H6F3N3O3. The van der Waals surface area contributed by atoms with Crippen molar-refractivity contribution in [1.29, 1.82) is 0 Å². The van der Waals surface area contributed by atoms with Gasteiger partial charge in [0.05, 0.1) is 11.1 Å². The highest BCUT2D eigenvalue weighted by molar-refractivity contribution is 5.84. The molecule has 9 heteroatoms. The summed E-state index contributed by atoms with van der Waals surface area (Å²) in [6, 6.07) is 2.58. The molecular weight excluding hydrogens is 243 g/mol. The molecule has 17 heavy (non-hydrogen) atoms. The second kappa shape index (κ2) is 4.68. The lowest BCUT2D eigenvalue weighted by atomic mass is 10.2. The van der Waals surface area contributed by atoms with Gasteiger partial charge in [-0.1, -0.05) is 0 Å². The molecule has 0 aliphatic carbocycles. The Labute approximate surface area is 92.6 Å². The molecule has 0 atom stereocenters. The van der Waals surface area contributed by atoms with Crippen LogP contribution in [0.15, 0.2) is 23.3 Å². The third kappa shape index (κ3) is 3.63. The van der Waals surface area contributed by atoms with Crippen molar-refractivity contribution in [2.24, 2.45) is 10.9 Å². The topological polar surface area (TPSA) is 90.8 Å². The number of nitro benzene ring substituents is 1. The van der Waals surface area contributed by atoms with E-state index >= 15 is 0 Å². The van der Waals surface area contributed by atoms with E-state index in [1.54, 1.807) is 0 Å². The predicted octanol–water partition coefficient (Wildman–Crippen LogP) is 1.79. The maximum Gasteiger partial charge on any atom is 0.573 e. The van der Waals surface area contributed by atoms with Crippen LogP contribution in [0.2, 0.25) is 0 Å². The molecule has 1 aromatic rings. The van der Waals surface area contributed by atoms with Gasteiger partial charge in [-0.2, -0.15) is 5.10 Å². The number of ether oxygens (including phenoxy) is 1. The van der Waals surface area contributed by atoms with Gasteiger partial charge in [0.2, 0.25) is 0 Å². The van der Waals surface area contributed by atoms with Crippen molar-refractivity contribution in [3.05, 3.63) is 33.9 Å². The fourth-order valence-electron chi connectivity index (χ4n) is 1.05. The molecule has 1 aromatic carbocycles. The summed E-state index contributed by atoms with van der Waals surface area (Å²) in [7, 11) is 0. The van der Waals surface area contributed by atoms with E-state index in [4.69, 9.17) is 5.84 Å². The number of hydrazone groups is 1. The SMILES string of the molecule is NN=Cc1cc([N+](=O)[O-])ccc1OC(F)(F)F. The molecule has 0 aromatic heterocycles. The summed E-state index contributed by atoms with van der Waals surface area (Å²) in [6.07, 6.45) is -4.07. The van der Waals surface area contributed by atoms with Crippen LogP contribution in [0.4, 0.5) is 18.9 Å². The standard InChI is InChI=1S/C8H6F3N3O3/c9-8(10,11)17-7-2-1-6(14(15)16)3-5(7)4-13-12/h1-4H,12H2. The summed E-state index contributed by atoms with van der Waals surface area (Å²) >= 11 is 0. The summed E-state index contributed by atoms with van der Waals surface area (Å²) in [4.78, 5) is 9.66. The van der Waals surface area contributed by atoms with E-state index in [2.05, 4.69) is 9.84 Å². The van der Waals surface area contributed by atoms with Crippen molar-refractivity contribution >= 4 is 11.9 Å². The lowest BCUT2D eigenvalue weighted by Crippen LogP contribution is -2.18. The van der Waals surface area contributed by atoms with Crippen LogP contribution in [-0.2, 0) is 0 Å². The van der Waals surface area contributed by atoms with Gasteiger partial charge in [0.15, 0.2) is 0 Å².